The van der Waals surface area contributed by atoms with Gasteiger partial charge in [-0.3, -0.25) is 4.68 Å². The van der Waals surface area contributed by atoms with E-state index in [1.165, 1.54) is 32.1 Å². The molecule has 0 bridgehead atoms. The van der Waals surface area contributed by atoms with Crippen LogP contribution in [-0.2, 0) is 13.0 Å². The molecule has 0 aliphatic heterocycles. The monoisotopic (exact) mass is 432 g/mol. The largest absolute Gasteiger partial charge is 0.342 e. The van der Waals surface area contributed by atoms with Crippen LogP contribution in [0.25, 0.3) is 28.2 Å². The second-order valence-corrected chi connectivity index (χ2v) is 9.33. The fourth-order valence-corrected chi connectivity index (χ4v) is 4.63. The first kappa shape index (κ1) is 20.8. The zero-order valence-corrected chi connectivity index (χ0v) is 19.3. The minimum absolute atomic E-state index is 0.519. The van der Waals surface area contributed by atoms with Gasteiger partial charge in [0.05, 0.1) is 22.9 Å². The molecular formula is C24H32N8. The molecule has 1 N–H and O–H groups in total. The zero-order valence-electron chi connectivity index (χ0n) is 19.3. The van der Waals surface area contributed by atoms with E-state index in [9.17, 15) is 0 Å². The molecule has 1 atom stereocenters. The molecule has 3 aromatic heterocycles. The van der Waals surface area contributed by atoms with Crippen LogP contribution < -0.4 is 0 Å². The van der Waals surface area contributed by atoms with E-state index in [0.717, 1.165) is 53.4 Å². The van der Waals surface area contributed by atoms with Crippen molar-refractivity contribution in [1.29, 1.82) is 0 Å². The Morgan fingerprint density at radius 3 is 2.81 bits per heavy atom. The molecule has 32 heavy (non-hydrogen) atoms. The van der Waals surface area contributed by atoms with Gasteiger partial charge in [0.2, 0.25) is 5.82 Å². The lowest BCUT2D eigenvalue weighted by atomic mass is 9.89. The van der Waals surface area contributed by atoms with Gasteiger partial charge >= 0.3 is 0 Å². The van der Waals surface area contributed by atoms with Crippen molar-refractivity contribution in [2.24, 2.45) is 11.8 Å². The van der Waals surface area contributed by atoms with Gasteiger partial charge in [-0.25, -0.2) is 14.6 Å². The fourth-order valence-electron chi connectivity index (χ4n) is 4.63. The molecule has 0 saturated heterocycles. The predicted molar refractivity (Wildman–Crippen MR) is 124 cm³/mol. The van der Waals surface area contributed by atoms with Crippen LogP contribution in [0.2, 0.25) is 0 Å². The van der Waals surface area contributed by atoms with Gasteiger partial charge in [-0.05, 0) is 49.8 Å². The number of rotatable bonds is 7. The Morgan fingerprint density at radius 2 is 2.00 bits per heavy atom. The summed E-state index contributed by atoms with van der Waals surface area (Å²) in [6.07, 6.45) is 10.6. The molecular weight excluding hydrogens is 400 g/mol. The SMILES string of the molecule is CCC(C)Cc1nc(-c2cn(CC3CCCCC3)nn2)nn1-c1ccc2nc(C)[nH]c2c1. The Morgan fingerprint density at radius 1 is 1.16 bits per heavy atom. The van der Waals surface area contributed by atoms with Crippen molar-refractivity contribution in [3.8, 4) is 17.2 Å². The molecule has 8 heteroatoms. The smallest absolute Gasteiger partial charge is 0.204 e. The van der Waals surface area contributed by atoms with Crippen LogP contribution in [0.4, 0.5) is 0 Å². The summed E-state index contributed by atoms with van der Waals surface area (Å²) in [5, 5.41) is 13.7. The Labute approximate surface area is 188 Å². The molecule has 0 spiro atoms. The number of nitrogens with one attached hydrogen (secondary N) is 1. The maximum Gasteiger partial charge on any atom is 0.204 e. The summed E-state index contributed by atoms with van der Waals surface area (Å²) in [4.78, 5) is 12.7. The highest BCUT2D eigenvalue weighted by Gasteiger charge is 2.19. The fraction of sp³-hybridized carbons (Fsp3) is 0.542. The van der Waals surface area contributed by atoms with E-state index in [1.807, 2.05) is 28.6 Å². The molecule has 5 rings (SSSR count). The molecule has 1 unspecified atom stereocenters. The average Bonchev–Trinajstić information content (AvgIpc) is 3.51. The van der Waals surface area contributed by atoms with Crippen molar-refractivity contribution in [3.63, 3.8) is 0 Å². The topological polar surface area (TPSA) is 90.1 Å². The lowest BCUT2D eigenvalue weighted by Gasteiger charge is -2.20. The van der Waals surface area contributed by atoms with Gasteiger partial charge in [-0.2, -0.15) is 0 Å². The van der Waals surface area contributed by atoms with Crippen LogP contribution in [0.3, 0.4) is 0 Å². The third-order valence-electron chi connectivity index (χ3n) is 6.67. The van der Waals surface area contributed by atoms with E-state index in [4.69, 9.17) is 10.1 Å². The van der Waals surface area contributed by atoms with E-state index < -0.39 is 0 Å². The molecule has 8 nitrogen and oxygen atoms in total. The van der Waals surface area contributed by atoms with E-state index in [1.54, 1.807) is 0 Å². The van der Waals surface area contributed by atoms with Gasteiger partial charge in [-0.1, -0.05) is 44.7 Å². The zero-order chi connectivity index (χ0) is 22.1. The Balaban J connectivity index is 1.46. The number of nitrogens with zero attached hydrogens (tertiary/aromatic N) is 7. The van der Waals surface area contributed by atoms with Crippen LogP contribution in [0, 0.1) is 18.8 Å². The second-order valence-electron chi connectivity index (χ2n) is 9.33. The lowest BCUT2D eigenvalue weighted by Crippen LogP contribution is -2.14. The Bertz CT molecular complexity index is 1190. The minimum atomic E-state index is 0.519. The highest BCUT2D eigenvalue weighted by atomic mass is 15.4. The second kappa shape index (κ2) is 8.84. The number of hydrogen-bond donors (Lipinski definition) is 1. The minimum Gasteiger partial charge on any atom is -0.342 e. The number of benzene rings is 1. The highest BCUT2D eigenvalue weighted by Crippen LogP contribution is 2.26. The summed E-state index contributed by atoms with van der Waals surface area (Å²) in [7, 11) is 0. The van der Waals surface area contributed by atoms with Crippen molar-refractivity contribution in [2.45, 2.75) is 72.3 Å². The third kappa shape index (κ3) is 4.31. The maximum atomic E-state index is 4.90. The number of H-pyrrole nitrogens is 1. The van der Waals surface area contributed by atoms with Crippen LogP contribution in [0.1, 0.15) is 64.0 Å². The molecule has 1 aromatic carbocycles. The van der Waals surface area contributed by atoms with E-state index in [-0.39, 0.29) is 0 Å². The van der Waals surface area contributed by atoms with Crippen LogP contribution in [0.15, 0.2) is 24.4 Å². The molecule has 3 heterocycles. The van der Waals surface area contributed by atoms with Gasteiger partial charge in [-0.15, -0.1) is 10.2 Å². The number of aromatic nitrogens is 8. The van der Waals surface area contributed by atoms with Gasteiger partial charge in [0.1, 0.15) is 11.6 Å². The molecule has 168 valence electrons. The molecule has 4 aromatic rings. The van der Waals surface area contributed by atoms with Gasteiger partial charge in [0.15, 0.2) is 5.69 Å². The van der Waals surface area contributed by atoms with E-state index in [2.05, 4.69) is 46.3 Å². The van der Waals surface area contributed by atoms with Crippen molar-refractivity contribution < 1.29 is 0 Å². The number of aromatic amines is 1. The highest BCUT2D eigenvalue weighted by molar-refractivity contribution is 5.77. The summed E-state index contributed by atoms with van der Waals surface area (Å²) in [6, 6.07) is 6.18. The number of fused-ring (bicyclic) bond motifs is 1. The molecule has 1 saturated carbocycles. The van der Waals surface area contributed by atoms with Gasteiger partial charge in [0.25, 0.3) is 0 Å². The predicted octanol–water partition coefficient (Wildman–Crippen LogP) is 4.88. The molecule has 1 aliphatic rings. The third-order valence-corrected chi connectivity index (χ3v) is 6.67. The molecule has 1 fully saturated rings. The quantitative estimate of drug-likeness (QED) is 0.449. The standard InChI is InChI=1S/C24H32N8/c1-4-16(2)12-23-27-24(22-15-31(30-28-22)14-18-8-6-5-7-9-18)29-32(23)19-10-11-20-21(13-19)26-17(3)25-20/h10-11,13,15-16,18H,4-9,12,14H2,1-3H3,(H,25,26). The average molecular weight is 433 g/mol. The van der Waals surface area contributed by atoms with Crippen LogP contribution in [-0.4, -0.2) is 39.7 Å². The first-order chi connectivity index (χ1) is 15.6. The van der Waals surface area contributed by atoms with Gasteiger partial charge < -0.3 is 4.98 Å². The molecule has 0 amide bonds. The molecule has 0 radical (unpaired) electrons. The number of aryl methyl sites for hydroxylation is 1. The summed E-state index contributed by atoms with van der Waals surface area (Å²) in [5.74, 6) is 3.72. The maximum absolute atomic E-state index is 4.90. The summed E-state index contributed by atoms with van der Waals surface area (Å²) in [5.41, 5.74) is 3.68. The summed E-state index contributed by atoms with van der Waals surface area (Å²) >= 11 is 0. The van der Waals surface area contributed by atoms with Crippen molar-refractivity contribution >= 4 is 11.0 Å². The van der Waals surface area contributed by atoms with Crippen LogP contribution in [0.5, 0.6) is 0 Å². The number of imidazole rings is 1. The first-order valence-electron chi connectivity index (χ1n) is 11.9. The Kier molecular flexibility index (Phi) is 5.76. The summed E-state index contributed by atoms with van der Waals surface area (Å²) < 4.78 is 3.93. The van der Waals surface area contributed by atoms with E-state index in [0.29, 0.717) is 17.7 Å². The first-order valence-corrected chi connectivity index (χ1v) is 11.9. The number of hydrogen-bond acceptors (Lipinski definition) is 5. The van der Waals surface area contributed by atoms with E-state index >= 15 is 0 Å². The van der Waals surface area contributed by atoms with Crippen molar-refractivity contribution in [3.05, 3.63) is 36.0 Å². The van der Waals surface area contributed by atoms with Crippen LogP contribution >= 0.6 is 0 Å². The summed E-state index contributed by atoms with van der Waals surface area (Å²) in [6.45, 7) is 7.37. The lowest BCUT2D eigenvalue weighted by molar-refractivity contribution is 0.305. The molecule has 1 aliphatic carbocycles. The Hall–Kier alpha value is -3.03. The normalized spacial score (nSPS) is 16.1. The van der Waals surface area contributed by atoms with Crippen molar-refractivity contribution in [1.82, 2.24) is 39.7 Å². The van der Waals surface area contributed by atoms with Gasteiger partial charge in [0, 0.05) is 13.0 Å². The van der Waals surface area contributed by atoms with Crippen molar-refractivity contribution in [2.75, 3.05) is 0 Å².